The predicted octanol–water partition coefficient (Wildman–Crippen LogP) is 2.51. The van der Waals surface area contributed by atoms with Gasteiger partial charge in [0.25, 0.3) is 0 Å². The van der Waals surface area contributed by atoms with E-state index in [1.807, 2.05) is 25.1 Å². The zero-order valence-electron chi connectivity index (χ0n) is 8.44. The molecule has 2 heterocycles. The van der Waals surface area contributed by atoms with E-state index in [2.05, 4.69) is 9.97 Å². The molecule has 0 aliphatic rings. The molecule has 0 unspecified atom stereocenters. The lowest BCUT2D eigenvalue weighted by atomic mass is 10.2. The Hall–Kier alpha value is -1.77. The maximum Gasteiger partial charge on any atom is 0.213 e. The predicted molar refractivity (Wildman–Crippen MR) is 56.0 cm³/mol. The van der Waals surface area contributed by atoms with Crippen molar-refractivity contribution < 1.29 is 4.39 Å². The Morgan fingerprint density at radius 3 is 2.33 bits per heavy atom. The molecule has 0 fully saturated rings. The van der Waals surface area contributed by atoms with Crippen LogP contribution in [-0.2, 0) is 6.42 Å². The van der Waals surface area contributed by atoms with Crippen molar-refractivity contribution in [2.24, 2.45) is 0 Å². The molecule has 0 bridgehead atoms. The van der Waals surface area contributed by atoms with Crippen molar-refractivity contribution in [2.75, 3.05) is 0 Å². The standard InChI is InChI=1S/C12H11FN2/c1-9-4-2-5-10(14-9)8-11-6-3-7-12(13)15-11/h2-7H,8H2,1H3. The van der Waals surface area contributed by atoms with Gasteiger partial charge in [-0.3, -0.25) is 4.98 Å². The molecule has 0 aromatic carbocycles. The summed E-state index contributed by atoms with van der Waals surface area (Å²) >= 11 is 0. The molecule has 15 heavy (non-hydrogen) atoms. The molecule has 0 amide bonds. The Morgan fingerprint density at radius 1 is 1.00 bits per heavy atom. The zero-order chi connectivity index (χ0) is 10.7. The molecule has 2 rings (SSSR count). The number of hydrogen-bond acceptors (Lipinski definition) is 2. The molecular weight excluding hydrogens is 191 g/mol. The number of pyridine rings is 2. The van der Waals surface area contributed by atoms with Crippen LogP contribution < -0.4 is 0 Å². The molecule has 0 radical (unpaired) electrons. The maximum atomic E-state index is 12.8. The number of aryl methyl sites for hydroxylation is 1. The summed E-state index contributed by atoms with van der Waals surface area (Å²) in [7, 11) is 0. The van der Waals surface area contributed by atoms with Crippen molar-refractivity contribution in [1.82, 2.24) is 9.97 Å². The van der Waals surface area contributed by atoms with E-state index in [1.165, 1.54) is 6.07 Å². The fraction of sp³-hybridized carbons (Fsp3) is 0.167. The van der Waals surface area contributed by atoms with E-state index >= 15 is 0 Å². The highest BCUT2D eigenvalue weighted by Gasteiger charge is 2.00. The molecule has 0 N–H and O–H groups in total. The summed E-state index contributed by atoms with van der Waals surface area (Å²) in [6.45, 7) is 1.93. The number of aromatic nitrogens is 2. The normalized spacial score (nSPS) is 10.3. The van der Waals surface area contributed by atoms with E-state index < -0.39 is 5.95 Å². The largest absolute Gasteiger partial charge is 0.258 e. The first-order chi connectivity index (χ1) is 7.24. The Balaban J connectivity index is 2.22. The molecule has 0 aliphatic carbocycles. The van der Waals surface area contributed by atoms with Crippen LogP contribution in [0.3, 0.4) is 0 Å². The Kier molecular flexibility index (Phi) is 2.72. The summed E-state index contributed by atoms with van der Waals surface area (Å²) in [6.07, 6.45) is 0.569. The quantitative estimate of drug-likeness (QED) is 0.699. The Labute approximate surface area is 87.8 Å². The molecule has 0 spiro atoms. The molecule has 3 heteroatoms. The summed E-state index contributed by atoms with van der Waals surface area (Å²) in [5, 5.41) is 0. The van der Waals surface area contributed by atoms with Crippen molar-refractivity contribution in [1.29, 1.82) is 0 Å². The molecule has 0 atom stereocenters. The minimum absolute atomic E-state index is 0.444. The number of rotatable bonds is 2. The van der Waals surface area contributed by atoms with Crippen molar-refractivity contribution in [2.45, 2.75) is 13.3 Å². The van der Waals surface area contributed by atoms with Crippen molar-refractivity contribution in [3.63, 3.8) is 0 Å². The van der Waals surface area contributed by atoms with E-state index in [4.69, 9.17) is 0 Å². The second-order valence-electron chi connectivity index (χ2n) is 3.40. The molecule has 2 aromatic rings. The van der Waals surface area contributed by atoms with Gasteiger partial charge in [0.1, 0.15) is 0 Å². The summed E-state index contributed by atoms with van der Waals surface area (Å²) in [6, 6.07) is 10.6. The van der Waals surface area contributed by atoms with Gasteiger partial charge < -0.3 is 0 Å². The zero-order valence-corrected chi connectivity index (χ0v) is 8.44. The lowest BCUT2D eigenvalue weighted by Gasteiger charge is -2.01. The first-order valence-corrected chi connectivity index (χ1v) is 4.78. The molecule has 0 saturated carbocycles. The van der Waals surface area contributed by atoms with Crippen LogP contribution in [0.25, 0.3) is 0 Å². The van der Waals surface area contributed by atoms with E-state index in [0.29, 0.717) is 12.1 Å². The van der Waals surface area contributed by atoms with Gasteiger partial charge in [-0.15, -0.1) is 0 Å². The van der Waals surface area contributed by atoms with Crippen LogP contribution in [0.15, 0.2) is 36.4 Å². The van der Waals surface area contributed by atoms with Crippen molar-refractivity contribution in [3.05, 3.63) is 59.4 Å². The van der Waals surface area contributed by atoms with Crippen LogP contribution in [0, 0.1) is 12.9 Å². The van der Waals surface area contributed by atoms with E-state index in [9.17, 15) is 4.39 Å². The lowest BCUT2D eigenvalue weighted by molar-refractivity contribution is 0.578. The van der Waals surface area contributed by atoms with Crippen LogP contribution in [-0.4, -0.2) is 9.97 Å². The van der Waals surface area contributed by atoms with Crippen LogP contribution in [0.2, 0.25) is 0 Å². The second-order valence-corrected chi connectivity index (χ2v) is 3.40. The van der Waals surface area contributed by atoms with Crippen LogP contribution in [0.1, 0.15) is 17.1 Å². The minimum atomic E-state index is -0.444. The van der Waals surface area contributed by atoms with E-state index in [0.717, 1.165) is 11.4 Å². The molecule has 0 aliphatic heterocycles. The smallest absolute Gasteiger partial charge is 0.213 e. The van der Waals surface area contributed by atoms with E-state index in [-0.39, 0.29) is 0 Å². The van der Waals surface area contributed by atoms with Crippen LogP contribution in [0.5, 0.6) is 0 Å². The van der Waals surface area contributed by atoms with Gasteiger partial charge in [-0.2, -0.15) is 4.39 Å². The third kappa shape index (κ3) is 2.59. The third-order valence-corrected chi connectivity index (χ3v) is 2.08. The Morgan fingerprint density at radius 2 is 1.67 bits per heavy atom. The van der Waals surface area contributed by atoms with Gasteiger partial charge in [0, 0.05) is 23.5 Å². The highest BCUT2D eigenvalue weighted by atomic mass is 19.1. The van der Waals surface area contributed by atoms with Gasteiger partial charge >= 0.3 is 0 Å². The summed E-state index contributed by atoms with van der Waals surface area (Å²) in [5.74, 6) is -0.444. The number of halogens is 1. The molecule has 76 valence electrons. The van der Waals surface area contributed by atoms with Gasteiger partial charge in [0.05, 0.1) is 0 Å². The van der Waals surface area contributed by atoms with Gasteiger partial charge in [0.15, 0.2) is 0 Å². The highest BCUT2D eigenvalue weighted by Crippen LogP contribution is 2.06. The topological polar surface area (TPSA) is 25.8 Å². The van der Waals surface area contributed by atoms with Gasteiger partial charge in [0.2, 0.25) is 5.95 Å². The van der Waals surface area contributed by atoms with Crippen molar-refractivity contribution in [3.8, 4) is 0 Å². The van der Waals surface area contributed by atoms with Crippen LogP contribution >= 0.6 is 0 Å². The minimum Gasteiger partial charge on any atom is -0.258 e. The first-order valence-electron chi connectivity index (χ1n) is 4.78. The lowest BCUT2D eigenvalue weighted by Crippen LogP contribution is -1.97. The number of hydrogen-bond donors (Lipinski definition) is 0. The fourth-order valence-electron chi connectivity index (χ4n) is 1.43. The first kappa shape index (κ1) is 9.77. The van der Waals surface area contributed by atoms with Gasteiger partial charge in [-0.05, 0) is 31.2 Å². The average Bonchev–Trinajstić information content (AvgIpc) is 2.17. The molecular formula is C12H11FN2. The molecule has 2 nitrogen and oxygen atoms in total. The van der Waals surface area contributed by atoms with Crippen LogP contribution in [0.4, 0.5) is 4.39 Å². The monoisotopic (exact) mass is 202 g/mol. The summed E-state index contributed by atoms with van der Waals surface area (Å²) < 4.78 is 12.8. The maximum absolute atomic E-state index is 12.8. The summed E-state index contributed by atoms with van der Waals surface area (Å²) in [5.41, 5.74) is 2.57. The fourth-order valence-corrected chi connectivity index (χ4v) is 1.43. The third-order valence-electron chi connectivity index (χ3n) is 2.08. The second kappa shape index (κ2) is 4.17. The molecule has 2 aromatic heterocycles. The SMILES string of the molecule is Cc1cccc(Cc2cccc(F)n2)n1. The summed E-state index contributed by atoms with van der Waals surface area (Å²) in [4.78, 5) is 8.13. The number of nitrogens with zero attached hydrogens (tertiary/aromatic N) is 2. The van der Waals surface area contributed by atoms with Gasteiger partial charge in [-0.1, -0.05) is 12.1 Å². The van der Waals surface area contributed by atoms with Crippen molar-refractivity contribution >= 4 is 0 Å². The Bertz CT molecular complexity index is 425. The average molecular weight is 202 g/mol. The van der Waals surface area contributed by atoms with E-state index in [1.54, 1.807) is 12.1 Å². The van der Waals surface area contributed by atoms with Gasteiger partial charge in [-0.25, -0.2) is 4.98 Å². The molecule has 0 saturated heterocycles. The highest BCUT2D eigenvalue weighted by molar-refractivity contribution is 5.17.